The molecule has 3 heterocycles. The van der Waals surface area contributed by atoms with Gasteiger partial charge in [-0.05, 0) is 37.3 Å². The van der Waals surface area contributed by atoms with Crippen molar-refractivity contribution < 1.29 is 9.21 Å². The molecule has 1 aliphatic rings. The summed E-state index contributed by atoms with van der Waals surface area (Å²) in [6, 6.07) is 9.59. The van der Waals surface area contributed by atoms with E-state index in [1.165, 1.54) is 0 Å². The van der Waals surface area contributed by atoms with Gasteiger partial charge in [0.05, 0.1) is 24.2 Å². The Morgan fingerprint density at radius 3 is 2.96 bits per heavy atom. The number of nitrogens with zero attached hydrogens (tertiary/aromatic N) is 3. The molecule has 0 spiro atoms. The highest BCUT2D eigenvalue weighted by atomic mass is 79.9. The van der Waals surface area contributed by atoms with Crippen molar-refractivity contribution in [2.24, 2.45) is 4.99 Å². The molecule has 0 saturated carbocycles. The van der Waals surface area contributed by atoms with Crippen molar-refractivity contribution >= 4 is 27.9 Å². The van der Waals surface area contributed by atoms with Crippen LogP contribution in [0.25, 0.3) is 5.69 Å². The number of hydrogen-bond donors (Lipinski definition) is 0. The van der Waals surface area contributed by atoms with Crippen molar-refractivity contribution in [2.45, 2.75) is 13.5 Å². The smallest absolute Gasteiger partial charge is 0.168 e. The fourth-order valence-electron chi connectivity index (χ4n) is 2.87. The van der Waals surface area contributed by atoms with Crippen molar-refractivity contribution in [3.8, 4) is 5.69 Å². The molecule has 5 nitrogen and oxygen atoms in total. The first-order valence-electron chi connectivity index (χ1n) is 7.11. The molecule has 0 bridgehead atoms. The molecule has 0 atom stereocenters. The lowest BCUT2D eigenvalue weighted by molar-refractivity contribution is 0.111. The van der Waals surface area contributed by atoms with E-state index >= 15 is 0 Å². The van der Waals surface area contributed by atoms with Crippen LogP contribution in [-0.2, 0) is 6.54 Å². The molecular formula is C17H12BrN3O2. The van der Waals surface area contributed by atoms with Gasteiger partial charge in [0.15, 0.2) is 12.0 Å². The highest BCUT2D eigenvalue weighted by Crippen LogP contribution is 2.29. The average molecular weight is 370 g/mol. The number of aromatic nitrogens is 2. The van der Waals surface area contributed by atoms with E-state index in [9.17, 15) is 4.79 Å². The number of aliphatic imine (C=N–C) groups is 1. The molecule has 2 aromatic heterocycles. The van der Waals surface area contributed by atoms with Crippen LogP contribution in [0.2, 0.25) is 0 Å². The van der Waals surface area contributed by atoms with Crippen LogP contribution < -0.4 is 0 Å². The first-order valence-corrected chi connectivity index (χ1v) is 7.90. The molecule has 6 heteroatoms. The van der Waals surface area contributed by atoms with E-state index in [0.29, 0.717) is 23.7 Å². The maximum Gasteiger partial charge on any atom is 0.168 e. The highest BCUT2D eigenvalue weighted by molar-refractivity contribution is 9.10. The summed E-state index contributed by atoms with van der Waals surface area (Å²) >= 11 is 3.51. The van der Waals surface area contributed by atoms with E-state index < -0.39 is 0 Å². The number of carbonyl (C=O) groups excluding carboxylic acids is 1. The molecule has 0 aliphatic carbocycles. The van der Waals surface area contributed by atoms with Crippen LogP contribution in [0.4, 0.5) is 0 Å². The number of furan rings is 1. The predicted octanol–water partition coefficient (Wildman–Crippen LogP) is 3.70. The Balaban J connectivity index is 2.05. The lowest BCUT2D eigenvalue weighted by atomic mass is 10.1. The van der Waals surface area contributed by atoms with E-state index in [2.05, 4.69) is 25.9 Å². The third kappa shape index (κ3) is 2.17. The van der Waals surface area contributed by atoms with Gasteiger partial charge in [0.2, 0.25) is 0 Å². The zero-order valence-electron chi connectivity index (χ0n) is 12.3. The third-order valence-electron chi connectivity index (χ3n) is 3.87. The number of hydrogen-bond acceptors (Lipinski definition) is 4. The standard InChI is InChI=1S/C17H12BrN3O2/c1-10-14(9-22)21-13-5-4-11(18)7-12(13)17(15-3-2-6-23-15)19-8-16(21)20-10/h2-7,9H,8H2,1H3. The van der Waals surface area contributed by atoms with Gasteiger partial charge >= 0.3 is 0 Å². The topological polar surface area (TPSA) is 60.4 Å². The molecule has 3 aromatic rings. The molecule has 0 N–H and O–H groups in total. The lowest BCUT2D eigenvalue weighted by Gasteiger charge is -2.12. The second-order valence-corrected chi connectivity index (χ2v) is 6.17. The molecule has 0 saturated heterocycles. The van der Waals surface area contributed by atoms with Gasteiger partial charge in [0.25, 0.3) is 0 Å². The summed E-state index contributed by atoms with van der Waals surface area (Å²) in [4.78, 5) is 20.7. The number of aryl methyl sites for hydroxylation is 1. The van der Waals surface area contributed by atoms with Crippen molar-refractivity contribution in [2.75, 3.05) is 0 Å². The molecule has 23 heavy (non-hydrogen) atoms. The zero-order chi connectivity index (χ0) is 16.0. The molecule has 1 aromatic carbocycles. The van der Waals surface area contributed by atoms with E-state index in [-0.39, 0.29) is 0 Å². The first kappa shape index (κ1) is 14.1. The Kier molecular flexibility index (Phi) is 3.27. The monoisotopic (exact) mass is 369 g/mol. The van der Waals surface area contributed by atoms with Gasteiger partial charge in [-0.1, -0.05) is 15.9 Å². The Morgan fingerprint density at radius 2 is 2.22 bits per heavy atom. The van der Waals surface area contributed by atoms with Gasteiger partial charge in [0.1, 0.15) is 17.2 Å². The average Bonchev–Trinajstić information content (AvgIpc) is 3.13. The highest BCUT2D eigenvalue weighted by Gasteiger charge is 2.24. The summed E-state index contributed by atoms with van der Waals surface area (Å²) in [5.74, 6) is 1.44. The molecule has 0 unspecified atom stereocenters. The van der Waals surface area contributed by atoms with Crippen molar-refractivity contribution in [1.29, 1.82) is 0 Å². The predicted molar refractivity (Wildman–Crippen MR) is 89.4 cm³/mol. The first-order chi connectivity index (χ1) is 11.2. The van der Waals surface area contributed by atoms with Crippen LogP contribution in [0.15, 0.2) is 50.5 Å². The molecule has 114 valence electrons. The van der Waals surface area contributed by atoms with Gasteiger partial charge in [-0.25, -0.2) is 4.98 Å². The van der Waals surface area contributed by atoms with E-state index in [1.807, 2.05) is 41.8 Å². The fourth-order valence-corrected chi connectivity index (χ4v) is 3.23. The lowest BCUT2D eigenvalue weighted by Crippen LogP contribution is -2.08. The Bertz CT molecular complexity index is 939. The van der Waals surface area contributed by atoms with Crippen molar-refractivity contribution in [1.82, 2.24) is 9.55 Å². The molecular weight excluding hydrogens is 358 g/mol. The Hall–Kier alpha value is -2.47. The quantitative estimate of drug-likeness (QED) is 0.647. The van der Waals surface area contributed by atoms with Crippen LogP contribution in [0.5, 0.6) is 0 Å². The van der Waals surface area contributed by atoms with E-state index in [0.717, 1.165) is 33.5 Å². The van der Waals surface area contributed by atoms with Gasteiger partial charge < -0.3 is 4.42 Å². The van der Waals surface area contributed by atoms with Crippen LogP contribution in [0.1, 0.15) is 33.3 Å². The summed E-state index contributed by atoms with van der Waals surface area (Å²) in [5, 5.41) is 0. The van der Waals surface area contributed by atoms with Crippen LogP contribution in [-0.4, -0.2) is 21.5 Å². The van der Waals surface area contributed by atoms with Crippen molar-refractivity contribution in [3.63, 3.8) is 0 Å². The minimum atomic E-state index is 0.386. The number of benzene rings is 1. The molecule has 1 aliphatic heterocycles. The molecule has 0 radical (unpaired) electrons. The largest absolute Gasteiger partial charge is 0.463 e. The fraction of sp³-hybridized carbons (Fsp3) is 0.118. The minimum absolute atomic E-state index is 0.386. The zero-order valence-corrected chi connectivity index (χ0v) is 13.9. The summed E-state index contributed by atoms with van der Waals surface area (Å²) in [6.45, 7) is 2.22. The van der Waals surface area contributed by atoms with Crippen LogP contribution in [0.3, 0.4) is 0 Å². The normalized spacial score (nSPS) is 13.0. The van der Waals surface area contributed by atoms with Gasteiger partial charge in [-0.2, -0.15) is 0 Å². The number of halogens is 1. The van der Waals surface area contributed by atoms with Gasteiger partial charge in [0, 0.05) is 10.0 Å². The maximum atomic E-state index is 11.5. The molecule has 0 fully saturated rings. The maximum absolute atomic E-state index is 11.5. The molecule has 4 rings (SSSR count). The number of rotatable bonds is 2. The summed E-state index contributed by atoms with van der Waals surface area (Å²) < 4.78 is 8.35. The minimum Gasteiger partial charge on any atom is -0.463 e. The van der Waals surface area contributed by atoms with Gasteiger partial charge in [-0.3, -0.25) is 14.4 Å². The Labute approximate surface area is 140 Å². The third-order valence-corrected chi connectivity index (χ3v) is 4.36. The second-order valence-electron chi connectivity index (χ2n) is 5.26. The molecule has 0 amide bonds. The van der Waals surface area contributed by atoms with E-state index in [1.54, 1.807) is 6.26 Å². The van der Waals surface area contributed by atoms with Crippen molar-refractivity contribution in [3.05, 3.63) is 69.6 Å². The number of imidazole rings is 1. The van der Waals surface area contributed by atoms with Gasteiger partial charge in [-0.15, -0.1) is 0 Å². The number of aldehydes is 1. The van der Waals surface area contributed by atoms with Crippen LogP contribution >= 0.6 is 15.9 Å². The number of carbonyl (C=O) groups is 1. The summed E-state index contributed by atoms with van der Waals surface area (Å²) in [6.07, 6.45) is 2.47. The summed E-state index contributed by atoms with van der Waals surface area (Å²) in [5.41, 5.74) is 3.79. The summed E-state index contributed by atoms with van der Waals surface area (Å²) in [7, 11) is 0. The van der Waals surface area contributed by atoms with Crippen LogP contribution in [0, 0.1) is 6.92 Å². The SMILES string of the molecule is Cc1nc2n(c1C=O)-c1ccc(Br)cc1C(c1ccco1)=NC2. The Morgan fingerprint density at radius 1 is 1.35 bits per heavy atom. The second kappa shape index (κ2) is 5.31. The number of fused-ring (bicyclic) bond motifs is 3. The van der Waals surface area contributed by atoms with E-state index in [4.69, 9.17) is 4.42 Å².